The van der Waals surface area contributed by atoms with Crippen LogP contribution in [0.4, 0.5) is 5.69 Å². The number of halogens is 6. The number of carbonyl (C=O) groups is 1. The van der Waals surface area contributed by atoms with Gasteiger partial charge in [-0.25, -0.2) is 0 Å². The molecule has 5 nitrogen and oxygen atoms in total. The Morgan fingerprint density at radius 2 is 1.66 bits per heavy atom. The summed E-state index contributed by atoms with van der Waals surface area (Å²) in [7, 11) is 1.56. The fourth-order valence-corrected chi connectivity index (χ4v) is 4.48. The first-order chi connectivity index (χ1) is 13.5. The molecule has 0 radical (unpaired) electrons. The molecule has 0 aliphatic rings. The largest absolute Gasteiger partial charge is 0.497 e. The quantitative estimate of drug-likeness (QED) is 0.196. The van der Waals surface area contributed by atoms with Crippen molar-refractivity contribution in [1.29, 1.82) is 0 Å². The minimum Gasteiger partial charge on any atom is -0.497 e. The van der Waals surface area contributed by atoms with Crippen molar-refractivity contribution in [3.63, 3.8) is 0 Å². The van der Waals surface area contributed by atoms with Crippen LogP contribution in [0.5, 0.6) is 5.75 Å². The molecule has 2 aromatic rings. The van der Waals surface area contributed by atoms with Crippen molar-refractivity contribution in [3.05, 3.63) is 55.4 Å². The molecule has 0 fully saturated rings. The van der Waals surface area contributed by atoms with Gasteiger partial charge < -0.3 is 20.7 Å². The van der Waals surface area contributed by atoms with Gasteiger partial charge in [0.05, 0.1) is 18.4 Å². The summed E-state index contributed by atoms with van der Waals surface area (Å²) in [6, 6.07) is 10.4. The Hall–Kier alpha value is -0.290. The second kappa shape index (κ2) is 10.8. The Balaban J connectivity index is 2.16. The van der Waals surface area contributed by atoms with Crippen LogP contribution in [0.25, 0.3) is 0 Å². The molecule has 0 bridgehead atoms. The van der Waals surface area contributed by atoms with Gasteiger partial charge in [0.25, 0.3) is 5.91 Å². The van der Waals surface area contributed by atoms with E-state index in [1.165, 1.54) is 0 Å². The lowest BCUT2D eigenvalue weighted by molar-refractivity contribution is 0.0934. The summed E-state index contributed by atoms with van der Waals surface area (Å²) >= 11 is 33.6. The van der Waals surface area contributed by atoms with E-state index in [2.05, 4.69) is 63.7 Å². The van der Waals surface area contributed by atoms with Crippen molar-refractivity contribution in [1.82, 2.24) is 10.6 Å². The van der Waals surface area contributed by atoms with E-state index in [0.717, 1.165) is 0 Å². The van der Waals surface area contributed by atoms with E-state index < -0.39 is 15.9 Å². The van der Waals surface area contributed by atoms with Crippen molar-refractivity contribution in [2.45, 2.75) is 9.96 Å². The van der Waals surface area contributed by atoms with Crippen molar-refractivity contribution < 1.29 is 9.53 Å². The lowest BCUT2D eigenvalue weighted by Gasteiger charge is -2.28. The number of hydrogen-bond acceptors (Lipinski definition) is 3. The monoisotopic (exact) mass is 665 g/mol. The van der Waals surface area contributed by atoms with Crippen molar-refractivity contribution in [3.8, 4) is 5.75 Å². The SMILES string of the molecule is COc1cc(Br)c(NC(=S)NC(NC(=O)c2ccccc2Br)C(Cl)(Cl)Cl)c(Br)c1. The lowest BCUT2D eigenvalue weighted by atomic mass is 10.2. The Kier molecular flexibility index (Phi) is 9.33. The molecule has 156 valence electrons. The molecular formula is C17H13Br3Cl3N3O2S. The van der Waals surface area contributed by atoms with Crippen LogP contribution in [0.1, 0.15) is 10.4 Å². The van der Waals surface area contributed by atoms with E-state index in [-0.39, 0.29) is 5.11 Å². The third kappa shape index (κ3) is 7.12. The summed E-state index contributed by atoms with van der Waals surface area (Å²) in [6.45, 7) is 0. The fourth-order valence-electron chi connectivity index (χ4n) is 2.12. The van der Waals surface area contributed by atoms with Gasteiger partial charge in [-0.05, 0) is 84.3 Å². The number of amides is 1. The molecule has 1 amide bonds. The van der Waals surface area contributed by atoms with Crippen molar-refractivity contribution in [2.75, 3.05) is 12.4 Å². The molecule has 1 atom stereocenters. The first kappa shape index (κ1) is 25.0. The van der Waals surface area contributed by atoms with E-state index in [1.54, 1.807) is 43.5 Å². The molecule has 0 heterocycles. The van der Waals surface area contributed by atoms with Gasteiger partial charge in [0, 0.05) is 13.4 Å². The van der Waals surface area contributed by atoms with Gasteiger partial charge >= 0.3 is 0 Å². The third-order valence-electron chi connectivity index (χ3n) is 3.49. The summed E-state index contributed by atoms with van der Waals surface area (Å²) in [5, 5.41) is 8.56. The van der Waals surface area contributed by atoms with E-state index in [4.69, 9.17) is 51.8 Å². The standard InChI is InChI=1S/C17H13Br3Cl3N3O2S/c1-28-8-6-11(19)13(12(20)7-8)24-16(29)26-15(17(21,22)23)25-14(27)9-4-2-3-5-10(9)18/h2-7,15H,1H3,(H,25,27)(H2,24,26,29). The second-order valence-electron chi connectivity index (χ2n) is 5.49. The molecule has 1 unspecified atom stereocenters. The zero-order valence-corrected chi connectivity index (χ0v) is 22.4. The number of nitrogens with one attached hydrogen (secondary N) is 3. The highest BCUT2D eigenvalue weighted by Gasteiger charge is 2.35. The van der Waals surface area contributed by atoms with Crippen LogP contribution in [-0.2, 0) is 0 Å². The molecule has 0 saturated carbocycles. The van der Waals surface area contributed by atoms with Gasteiger partial charge in [0.1, 0.15) is 11.9 Å². The maximum atomic E-state index is 12.6. The molecule has 0 aromatic heterocycles. The Labute approximate surface area is 213 Å². The lowest BCUT2D eigenvalue weighted by Crippen LogP contribution is -2.56. The van der Waals surface area contributed by atoms with Crippen molar-refractivity contribution in [2.24, 2.45) is 0 Å². The van der Waals surface area contributed by atoms with Gasteiger partial charge in [-0.15, -0.1) is 0 Å². The van der Waals surface area contributed by atoms with Crippen LogP contribution in [0.2, 0.25) is 0 Å². The van der Waals surface area contributed by atoms with E-state index in [0.29, 0.717) is 30.4 Å². The third-order valence-corrected chi connectivity index (χ3v) is 6.30. The second-order valence-corrected chi connectivity index (χ2v) is 10.8. The Morgan fingerprint density at radius 1 is 1.07 bits per heavy atom. The molecular weight excluding hydrogens is 656 g/mol. The highest BCUT2D eigenvalue weighted by molar-refractivity contribution is 9.11. The summed E-state index contributed by atoms with van der Waals surface area (Å²) in [5.41, 5.74) is 1.01. The first-order valence-electron chi connectivity index (χ1n) is 7.75. The van der Waals surface area contributed by atoms with Gasteiger partial charge in [-0.2, -0.15) is 0 Å². The number of ether oxygens (including phenoxy) is 1. The van der Waals surface area contributed by atoms with Crippen LogP contribution in [0.3, 0.4) is 0 Å². The molecule has 0 aliphatic heterocycles. The highest BCUT2D eigenvalue weighted by atomic mass is 79.9. The summed E-state index contributed by atoms with van der Waals surface area (Å²) in [6.07, 6.45) is -1.11. The van der Waals surface area contributed by atoms with E-state index in [1.807, 2.05) is 0 Å². The molecule has 2 rings (SSSR count). The summed E-state index contributed by atoms with van der Waals surface area (Å²) in [5.74, 6) is 0.198. The van der Waals surface area contributed by atoms with Gasteiger partial charge in [-0.1, -0.05) is 46.9 Å². The maximum Gasteiger partial charge on any atom is 0.254 e. The van der Waals surface area contributed by atoms with Crippen LogP contribution >= 0.6 is 94.8 Å². The zero-order valence-electron chi connectivity index (χ0n) is 14.5. The minimum atomic E-state index is -1.88. The normalized spacial score (nSPS) is 12.1. The molecule has 0 aliphatic carbocycles. The Bertz CT molecular complexity index is 905. The first-order valence-corrected chi connectivity index (χ1v) is 11.7. The van der Waals surface area contributed by atoms with Crippen LogP contribution in [0.15, 0.2) is 49.8 Å². The number of hydrogen-bond donors (Lipinski definition) is 3. The van der Waals surface area contributed by atoms with Crippen LogP contribution < -0.4 is 20.7 Å². The minimum absolute atomic E-state index is 0.125. The molecule has 0 spiro atoms. The number of methoxy groups -OCH3 is 1. The summed E-state index contributed by atoms with van der Waals surface area (Å²) < 4.78 is 5.31. The fraction of sp³-hybridized carbons (Fsp3) is 0.176. The number of carbonyl (C=O) groups excluding carboxylic acids is 1. The average molecular weight is 669 g/mol. The van der Waals surface area contributed by atoms with Crippen LogP contribution in [-0.4, -0.2) is 28.1 Å². The maximum absolute atomic E-state index is 12.6. The predicted molar refractivity (Wildman–Crippen MR) is 133 cm³/mol. The molecule has 12 heteroatoms. The summed E-state index contributed by atoms with van der Waals surface area (Å²) in [4.78, 5) is 12.6. The molecule has 29 heavy (non-hydrogen) atoms. The van der Waals surface area contributed by atoms with Crippen LogP contribution in [0, 0.1) is 0 Å². The zero-order chi connectivity index (χ0) is 21.8. The number of benzene rings is 2. The van der Waals surface area contributed by atoms with E-state index in [9.17, 15) is 4.79 Å². The Morgan fingerprint density at radius 3 is 2.17 bits per heavy atom. The smallest absolute Gasteiger partial charge is 0.254 e. The van der Waals surface area contributed by atoms with Gasteiger partial charge in [0.2, 0.25) is 3.79 Å². The number of alkyl halides is 3. The highest BCUT2D eigenvalue weighted by Crippen LogP contribution is 2.35. The van der Waals surface area contributed by atoms with Gasteiger partial charge in [-0.3, -0.25) is 4.79 Å². The number of rotatable bonds is 5. The van der Waals surface area contributed by atoms with Crippen molar-refractivity contribution >= 4 is 112 Å². The topological polar surface area (TPSA) is 62.4 Å². The molecule has 0 saturated heterocycles. The average Bonchev–Trinajstić information content (AvgIpc) is 2.63. The molecule has 3 N–H and O–H groups in total. The van der Waals surface area contributed by atoms with E-state index >= 15 is 0 Å². The number of anilines is 1. The van der Waals surface area contributed by atoms with Gasteiger partial charge in [0.15, 0.2) is 5.11 Å². The molecule has 2 aromatic carbocycles. The number of thiocarbonyl (C=S) groups is 1. The predicted octanol–water partition coefficient (Wildman–Crippen LogP) is 6.40.